The molecule has 0 N–H and O–H groups in total. The van der Waals surface area contributed by atoms with Crippen LogP contribution in [0.25, 0.3) is 0 Å². The van der Waals surface area contributed by atoms with E-state index in [2.05, 4.69) is 63.0 Å². The molecular formula is C28H44N2O4P2. The summed E-state index contributed by atoms with van der Waals surface area (Å²) < 4.78 is 46.5. The first kappa shape index (κ1) is 28.0. The molecule has 4 rings (SSSR count). The molecule has 0 spiro atoms. The van der Waals surface area contributed by atoms with Gasteiger partial charge in [0.05, 0.1) is 31.5 Å². The first-order valence-corrected chi connectivity index (χ1v) is 16.9. The van der Waals surface area contributed by atoms with Crippen LogP contribution in [0.4, 0.5) is 0 Å². The Balaban J connectivity index is 1.98. The number of hydrogen-bond acceptors (Lipinski definition) is 4. The predicted molar refractivity (Wildman–Crippen MR) is 150 cm³/mol. The van der Waals surface area contributed by atoms with Crippen molar-refractivity contribution in [2.45, 2.75) is 66.2 Å². The molecular weight excluding hydrogens is 490 g/mol. The van der Waals surface area contributed by atoms with Crippen LogP contribution >= 0.6 is 14.6 Å². The standard InChI is InChI=1S/C28H44N2O4P2/c1-20(2)24-17-25(21(3)4)28(26(18-24)22(5)6)35(31)19-23(7)16-27(35)36(32,29-8-12-33-13-9-29)30-10-14-34-15-11-30/h16-22H,8-15H2,1-7H3. The summed E-state index contributed by atoms with van der Waals surface area (Å²) in [6.45, 7) is 19.6. The molecule has 0 aromatic heterocycles. The Morgan fingerprint density at radius 2 is 1.25 bits per heavy atom. The number of hydrogen-bond donors (Lipinski definition) is 0. The predicted octanol–water partition coefficient (Wildman–Crippen LogP) is 6.66. The molecule has 2 saturated heterocycles. The van der Waals surface area contributed by atoms with Gasteiger partial charge in [-0.3, -0.25) is 4.57 Å². The third-order valence-electron chi connectivity index (χ3n) is 7.56. The SMILES string of the molecule is CC1=CP(=O)(c2c(C(C)C)cc(C(C)C)cc2C(C)C)C(P(=O)(N2CCOCC2)N2CCOCC2)=C1. The van der Waals surface area contributed by atoms with Crippen molar-refractivity contribution < 1.29 is 18.6 Å². The maximum atomic E-state index is 15.6. The molecule has 0 bridgehead atoms. The highest BCUT2D eigenvalue weighted by molar-refractivity contribution is 7.91. The molecule has 1 aromatic rings. The van der Waals surface area contributed by atoms with Gasteiger partial charge in [0.1, 0.15) is 0 Å². The van der Waals surface area contributed by atoms with Gasteiger partial charge in [0.25, 0.3) is 0 Å². The van der Waals surface area contributed by atoms with Gasteiger partial charge in [-0.15, -0.1) is 0 Å². The summed E-state index contributed by atoms with van der Waals surface area (Å²) in [7, 11) is -6.63. The van der Waals surface area contributed by atoms with E-state index in [1.54, 1.807) is 0 Å². The Morgan fingerprint density at radius 3 is 1.64 bits per heavy atom. The quantitative estimate of drug-likeness (QED) is 0.365. The first-order valence-electron chi connectivity index (χ1n) is 13.5. The minimum absolute atomic E-state index is 0.198. The van der Waals surface area contributed by atoms with Gasteiger partial charge in [0.2, 0.25) is 7.44 Å². The van der Waals surface area contributed by atoms with Gasteiger partial charge in [0.15, 0.2) is 7.14 Å². The minimum Gasteiger partial charge on any atom is -0.379 e. The van der Waals surface area contributed by atoms with Crippen molar-refractivity contribution in [2.75, 3.05) is 52.6 Å². The van der Waals surface area contributed by atoms with Crippen LogP contribution in [0.1, 0.15) is 82.9 Å². The molecule has 1 atom stereocenters. The molecule has 6 nitrogen and oxygen atoms in total. The lowest BCUT2D eigenvalue weighted by atomic mass is 9.89. The van der Waals surface area contributed by atoms with Gasteiger partial charge in [-0.05, 0) is 58.8 Å². The van der Waals surface area contributed by atoms with Crippen molar-refractivity contribution in [1.82, 2.24) is 9.34 Å². The number of ether oxygens (including phenoxy) is 2. The number of allylic oxidation sites excluding steroid dienone is 2. The molecule has 200 valence electrons. The van der Waals surface area contributed by atoms with E-state index in [0.717, 1.165) is 22.0 Å². The van der Waals surface area contributed by atoms with Crippen molar-refractivity contribution in [3.8, 4) is 0 Å². The van der Waals surface area contributed by atoms with E-state index in [-0.39, 0.29) is 11.8 Å². The van der Waals surface area contributed by atoms with Crippen LogP contribution in [0.15, 0.2) is 34.7 Å². The molecule has 0 radical (unpaired) electrons. The second-order valence-electron chi connectivity index (χ2n) is 11.2. The molecule has 8 heteroatoms. The Morgan fingerprint density at radius 1 is 0.806 bits per heavy atom. The van der Waals surface area contributed by atoms with E-state index in [9.17, 15) is 0 Å². The zero-order chi connectivity index (χ0) is 26.3. The normalized spacial score (nSPS) is 24.6. The van der Waals surface area contributed by atoms with Gasteiger partial charge >= 0.3 is 0 Å². The second kappa shape index (κ2) is 11.0. The van der Waals surface area contributed by atoms with Gasteiger partial charge in [0, 0.05) is 31.5 Å². The van der Waals surface area contributed by atoms with E-state index in [4.69, 9.17) is 9.47 Å². The highest BCUT2D eigenvalue weighted by Gasteiger charge is 2.51. The van der Waals surface area contributed by atoms with E-state index < -0.39 is 14.6 Å². The summed E-state index contributed by atoms with van der Waals surface area (Å²) in [5.41, 5.74) is 4.46. The minimum atomic E-state index is -3.32. The molecule has 0 saturated carbocycles. The number of benzene rings is 1. The molecule has 36 heavy (non-hydrogen) atoms. The molecule has 1 aromatic carbocycles. The van der Waals surface area contributed by atoms with Crippen molar-refractivity contribution >= 4 is 19.9 Å². The largest absolute Gasteiger partial charge is 0.379 e. The topological polar surface area (TPSA) is 59.1 Å². The highest BCUT2D eigenvalue weighted by atomic mass is 31.2. The van der Waals surface area contributed by atoms with Gasteiger partial charge < -0.3 is 14.0 Å². The summed E-state index contributed by atoms with van der Waals surface area (Å²) in [4.78, 5) is 0. The van der Waals surface area contributed by atoms with E-state index in [0.29, 0.717) is 63.6 Å². The summed E-state index contributed by atoms with van der Waals surface area (Å²) in [5.74, 6) is 2.71. The van der Waals surface area contributed by atoms with Gasteiger partial charge in [-0.1, -0.05) is 53.7 Å². The van der Waals surface area contributed by atoms with Crippen LogP contribution in [-0.4, -0.2) is 61.9 Å². The Bertz CT molecular complexity index is 1080. The van der Waals surface area contributed by atoms with E-state index in [1.165, 1.54) is 5.56 Å². The molecule has 1 unspecified atom stereocenters. The van der Waals surface area contributed by atoms with Crippen LogP contribution in [0.5, 0.6) is 0 Å². The first-order chi connectivity index (χ1) is 17.0. The van der Waals surface area contributed by atoms with Crippen molar-refractivity contribution in [1.29, 1.82) is 0 Å². The van der Waals surface area contributed by atoms with Gasteiger partial charge in [-0.2, -0.15) is 0 Å². The van der Waals surface area contributed by atoms with Crippen LogP contribution in [-0.2, 0) is 18.6 Å². The molecule has 0 aliphatic carbocycles. The zero-order valence-corrected chi connectivity index (χ0v) is 24.9. The number of morpholine rings is 2. The molecule has 3 aliphatic heterocycles. The highest BCUT2D eigenvalue weighted by Crippen LogP contribution is 2.78. The molecule has 0 amide bonds. The summed E-state index contributed by atoms with van der Waals surface area (Å²) in [6.07, 6.45) is 1.98. The Hall–Kier alpha value is -1.00. The third kappa shape index (κ3) is 5.03. The summed E-state index contributed by atoms with van der Waals surface area (Å²) in [5, 5.41) is 1.54. The van der Waals surface area contributed by atoms with E-state index in [1.807, 2.05) is 18.8 Å². The molecule has 3 aliphatic rings. The fourth-order valence-corrected chi connectivity index (χ4v) is 14.0. The van der Waals surface area contributed by atoms with Crippen LogP contribution in [0, 0.1) is 0 Å². The maximum Gasteiger partial charge on any atom is 0.250 e. The van der Waals surface area contributed by atoms with Crippen molar-refractivity contribution in [2.24, 2.45) is 0 Å². The maximum absolute atomic E-state index is 15.6. The fourth-order valence-electron chi connectivity index (χ4n) is 5.57. The summed E-state index contributed by atoms with van der Waals surface area (Å²) in [6, 6.07) is 4.51. The lowest BCUT2D eigenvalue weighted by Gasteiger charge is -2.44. The Kier molecular flexibility index (Phi) is 8.57. The number of nitrogens with zero attached hydrogens (tertiary/aromatic N) is 2. The van der Waals surface area contributed by atoms with Crippen molar-refractivity contribution in [3.05, 3.63) is 51.3 Å². The smallest absolute Gasteiger partial charge is 0.250 e. The molecule has 3 heterocycles. The fraction of sp³-hybridized carbons (Fsp3) is 0.643. The average molecular weight is 535 g/mol. The molecule has 2 fully saturated rings. The second-order valence-corrected chi connectivity index (χ2v) is 16.8. The lowest BCUT2D eigenvalue weighted by Crippen LogP contribution is -2.43. The van der Waals surface area contributed by atoms with Gasteiger partial charge in [-0.25, -0.2) is 9.34 Å². The van der Waals surface area contributed by atoms with Crippen molar-refractivity contribution in [3.63, 3.8) is 0 Å². The lowest BCUT2D eigenvalue weighted by molar-refractivity contribution is 0.0535. The van der Waals surface area contributed by atoms with Crippen LogP contribution < -0.4 is 5.30 Å². The number of rotatable bonds is 7. The van der Waals surface area contributed by atoms with Crippen LogP contribution in [0.3, 0.4) is 0 Å². The average Bonchev–Trinajstić information content (AvgIpc) is 3.18. The third-order valence-corrected chi connectivity index (χ3v) is 15.1. The Labute approximate surface area is 218 Å². The van der Waals surface area contributed by atoms with E-state index >= 15 is 9.13 Å². The monoisotopic (exact) mass is 534 g/mol. The van der Waals surface area contributed by atoms with Crippen LogP contribution in [0.2, 0.25) is 0 Å². The summed E-state index contributed by atoms with van der Waals surface area (Å²) >= 11 is 0. The zero-order valence-electron chi connectivity index (χ0n) is 23.1.